The lowest BCUT2D eigenvalue weighted by Gasteiger charge is -1.99. The smallest absolute Gasteiger partial charge is 0.302 e. The summed E-state index contributed by atoms with van der Waals surface area (Å²) in [5.41, 5.74) is 0. The molecular formula is C4H4F2O. The van der Waals surface area contributed by atoms with E-state index in [1.807, 2.05) is 0 Å². The van der Waals surface area contributed by atoms with Crippen LogP contribution in [0.2, 0.25) is 0 Å². The number of rotatable bonds is 0. The minimum Gasteiger partial charge on any atom is -0.495 e. The van der Waals surface area contributed by atoms with Gasteiger partial charge in [-0.25, -0.2) is 0 Å². The Morgan fingerprint density at radius 1 is 1.57 bits per heavy atom. The van der Waals surface area contributed by atoms with Gasteiger partial charge in [0.25, 0.3) is 0 Å². The normalized spacial score (nSPS) is 24.9. The van der Waals surface area contributed by atoms with Gasteiger partial charge in [0.2, 0.25) is 0 Å². The number of alkyl halides is 2. The van der Waals surface area contributed by atoms with Gasteiger partial charge in [-0.2, -0.15) is 8.78 Å². The first-order chi connectivity index (χ1) is 3.21. The maximum Gasteiger partial charge on any atom is 0.302 e. The zero-order chi connectivity index (χ0) is 5.33. The number of hydrogen-bond acceptors (Lipinski definition) is 1. The molecule has 1 rings (SSSR count). The SMILES string of the molecule is FC1(F)C=COC1. The summed E-state index contributed by atoms with van der Waals surface area (Å²) in [5, 5.41) is 0. The Kier molecular flexibility index (Phi) is 0.770. The van der Waals surface area contributed by atoms with E-state index in [9.17, 15) is 8.78 Å². The molecule has 0 radical (unpaired) electrons. The third-order valence-corrected chi connectivity index (χ3v) is 0.684. The summed E-state index contributed by atoms with van der Waals surface area (Å²) in [6, 6.07) is 0. The van der Waals surface area contributed by atoms with Crippen molar-refractivity contribution < 1.29 is 13.5 Å². The van der Waals surface area contributed by atoms with Crippen molar-refractivity contribution in [1.29, 1.82) is 0 Å². The molecule has 1 nitrogen and oxygen atoms in total. The van der Waals surface area contributed by atoms with Crippen molar-refractivity contribution >= 4 is 0 Å². The monoisotopic (exact) mass is 106 g/mol. The molecule has 0 atom stereocenters. The van der Waals surface area contributed by atoms with Gasteiger partial charge in [-0.1, -0.05) is 0 Å². The van der Waals surface area contributed by atoms with E-state index in [0.717, 1.165) is 12.3 Å². The fourth-order valence-corrected chi connectivity index (χ4v) is 0.355. The molecular weight excluding hydrogens is 102 g/mol. The summed E-state index contributed by atoms with van der Waals surface area (Å²) >= 11 is 0. The van der Waals surface area contributed by atoms with E-state index in [-0.39, 0.29) is 0 Å². The van der Waals surface area contributed by atoms with Crippen LogP contribution in [0.3, 0.4) is 0 Å². The molecule has 0 aromatic heterocycles. The summed E-state index contributed by atoms with van der Waals surface area (Å²) < 4.78 is 27.7. The van der Waals surface area contributed by atoms with Gasteiger partial charge in [0, 0.05) is 6.08 Å². The highest BCUT2D eigenvalue weighted by Gasteiger charge is 2.29. The van der Waals surface area contributed by atoms with Crippen molar-refractivity contribution in [3.05, 3.63) is 12.3 Å². The van der Waals surface area contributed by atoms with Gasteiger partial charge in [0.1, 0.15) is 0 Å². The number of ether oxygens (including phenoxy) is 1. The second-order valence-electron chi connectivity index (χ2n) is 1.37. The van der Waals surface area contributed by atoms with Crippen LogP contribution in [-0.4, -0.2) is 12.5 Å². The van der Waals surface area contributed by atoms with E-state index in [1.165, 1.54) is 0 Å². The summed E-state index contributed by atoms with van der Waals surface area (Å²) in [6.07, 6.45) is 1.76. The molecule has 0 aliphatic carbocycles. The van der Waals surface area contributed by atoms with Crippen LogP contribution in [0.15, 0.2) is 12.3 Å². The van der Waals surface area contributed by atoms with Crippen molar-refractivity contribution in [1.82, 2.24) is 0 Å². The second kappa shape index (κ2) is 1.18. The van der Waals surface area contributed by atoms with E-state index >= 15 is 0 Å². The minimum atomic E-state index is -2.71. The molecule has 1 aliphatic heterocycles. The van der Waals surface area contributed by atoms with Gasteiger partial charge in [-0.05, 0) is 0 Å². The van der Waals surface area contributed by atoms with Crippen LogP contribution in [0.4, 0.5) is 8.78 Å². The highest BCUT2D eigenvalue weighted by molar-refractivity contribution is 4.95. The lowest BCUT2D eigenvalue weighted by atomic mass is 10.4. The number of halogens is 2. The third-order valence-electron chi connectivity index (χ3n) is 0.684. The molecule has 0 aromatic rings. The average Bonchev–Trinajstić information content (AvgIpc) is 1.84. The highest BCUT2D eigenvalue weighted by Crippen LogP contribution is 2.19. The van der Waals surface area contributed by atoms with Gasteiger partial charge < -0.3 is 4.74 Å². The molecule has 0 aromatic carbocycles. The van der Waals surface area contributed by atoms with Crippen LogP contribution in [-0.2, 0) is 4.74 Å². The van der Waals surface area contributed by atoms with E-state index < -0.39 is 12.5 Å². The Hall–Kier alpha value is -0.600. The van der Waals surface area contributed by atoms with Crippen LogP contribution in [0.1, 0.15) is 0 Å². The van der Waals surface area contributed by atoms with Gasteiger partial charge in [0.05, 0.1) is 6.26 Å². The minimum absolute atomic E-state index is 0.493. The quantitative estimate of drug-likeness (QED) is 0.450. The molecule has 1 aliphatic rings. The fourth-order valence-electron chi connectivity index (χ4n) is 0.355. The molecule has 0 N–H and O–H groups in total. The molecule has 0 fully saturated rings. The molecule has 7 heavy (non-hydrogen) atoms. The standard InChI is InChI=1S/C4H4F2O/c5-4(6)1-2-7-3-4/h1-2H,3H2. The van der Waals surface area contributed by atoms with Crippen LogP contribution in [0.5, 0.6) is 0 Å². The molecule has 0 unspecified atom stereocenters. The zero-order valence-electron chi connectivity index (χ0n) is 3.53. The van der Waals surface area contributed by atoms with Gasteiger partial charge in [-0.3, -0.25) is 0 Å². The van der Waals surface area contributed by atoms with E-state index in [1.54, 1.807) is 0 Å². The summed E-state index contributed by atoms with van der Waals surface area (Å²) in [5.74, 6) is -2.71. The Morgan fingerprint density at radius 3 is 2.43 bits per heavy atom. The molecule has 0 spiro atoms. The van der Waals surface area contributed by atoms with Gasteiger partial charge in [0.15, 0.2) is 6.61 Å². The largest absolute Gasteiger partial charge is 0.495 e. The predicted octanol–water partition coefficient (Wildman–Crippen LogP) is 1.17. The fraction of sp³-hybridized carbons (Fsp3) is 0.500. The van der Waals surface area contributed by atoms with Crippen molar-refractivity contribution in [3.63, 3.8) is 0 Å². The molecule has 0 saturated heterocycles. The molecule has 3 heteroatoms. The first kappa shape index (κ1) is 4.56. The van der Waals surface area contributed by atoms with Crippen LogP contribution in [0, 0.1) is 0 Å². The van der Waals surface area contributed by atoms with Gasteiger partial charge in [-0.15, -0.1) is 0 Å². The lowest BCUT2D eigenvalue weighted by molar-refractivity contribution is 0.0145. The average molecular weight is 106 g/mol. The molecule has 1 heterocycles. The number of hydrogen-bond donors (Lipinski definition) is 0. The maximum atomic E-state index is 11.7. The highest BCUT2D eigenvalue weighted by atomic mass is 19.3. The van der Waals surface area contributed by atoms with E-state index in [0.29, 0.717) is 0 Å². The molecule has 40 valence electrons. The topological polar surface area (TPSA) is 9.23 Å². The summed E-state index contributed by atoms with van der Waals surface area (Å²) in [7, 11) is 0. The Labute approximate surface area is 39.6 Å². The third kappa shape index (κ3) is 0.885. The molecule has 0 saturated carbocycles. The zero-order valence-corrected chi connectivity index (χ0v) is 3.53. The first-order valence-corrected chi connectivity index (χ1v) is 1.88. The van der Waals surface area contributed by atoms with Crippen molar-refractivity contribution in [2.24, 2.45) is 0 Å². The lowest BCUT2D eigenvalue weighted by Crippen LogP contribution is -2.12. The van der Waals surface area contributed by atoms with Crippen LogP contribution in [0.25, 0.3) is 0 Å². The second-order valence-corrected chi connectivity index (χ2v) is 1.37. The van der Waals surface area contributed by atoms with Crippen LogP contribution >= 0.6 is 0 Å². The van der Waals surface area contributed by atoms with Gasteiger partial charge >= 0.3 is 5.92 Å². The van der Waals surface area contributed by atoms with Crippen molar-refractivity contribution in [2.75, 3.05) is 6.61 Å². The predicted molar refractivity (Wildman–Crippen MR) is 20.0 cm³/mol. The van der Waals surface area contributed by atoms with E-state index in [4.69, 9.17) is 0 Å². The maximum absolute atomic E-state index is 11.7. The summed E-state index contributed by atoms with van der Waals surface area (Å²) in [6.45, 7) is -0.493. The Balaban J connectivity index is 2.57. The molecule has 0 bridgehead atoms. The molecule has 0 amide bonds. The Bertz CT molecular complexity index is 97.9. The van der Waals surface area contributed by atoms with Crippen LogP contribution < -0.4 is 0 Å². The Morgan fingerprint density at radius 2 is 2.29 bits per heavy atom. The van der Waals surface area contributed by atoms with Crippen molar-refractivity contribution in [3.8, 4) is 0 Å². The van der Waals surface area contributed by atoms with E-state index in [2.05, 4.69) is 4.74 Å². The van der Waals surface area contributed by atoms with Crippen molar-refractivity contribution in [2.45, 2.75) is 5.92 Å². The summed E-state index contributed by atoms with van der Waals surface area (Å²) in [4.78, 5) is 0. The first-order valence-electron chi connectivity index (χ1n) is 1.88.